The number of aryl methyl sites for hydroxylation is 1. The molecule has 0 saturated carbocycles. The fourth-order valence-corrected chi connectivity index (χ4v) is 2.59. The van der Waals surface area contributed by atoms with E-state index in [2.05, 4.69) is 4.90 Å². The number of fused-ring (bicyclic) bond motifs is 1. The van der Waals surface area contributed by atoms with Crippen molar-refractivity contribution in [2.45, 2.75) is 6.92 Å². The molecule has 1 aliphatic heterocycles. The summed E-state index contributed by atoms with van der Waals surface area (Å²) in [6, 6.07) is 4.56. The van der Waals surface area contributed by atoms with Gasteiger partial charge < -0.3 is 19.0 Å². The second-order valence-corrected chi connectivity index (χ2v) is 5.32. The van der Waals surface area contributed by atoms with E-state index in [1.54, 1.807) is 12.1 Å². The SMILES string of the molecule is Cc1c(OCCN2CCOCC2)ccc2c(O)cc(=O)oc12. The molecular weight excluding hydrogens is 286 g/mol. The van der Waals surface area contributed by atoms with Crippen LogP contribution < -0.4 is 10.4 Å². The molecular formula is C16H19NO5. The van der Waals surface area contributed by atoms with Crippen LogP contribution in [0.25, 0.3) is 11.0 Å². The number of rotatable bonds is 4. The number of aromatic hydroxyl groups is 1. The lowest BCUT2D eigenvalue weighted by molar-refractivity contribution is 0.0322. The first-order valence-corrected chi connectivity index (χ1v) is 7.34. The molecule has 6 nitrogen and oxygen atoms in total. The fourth-order valence-electron chi connectivity index (χ4n) is 2.59. The summed E-state index contributed by atoms with van der Waals surface area (Å²) in [7, 11) is 0. The van der Waals surface area contributed by atoms with Crippen molar-refractivity contribution in [3.05, 3.63) is 34.2 Å². The predicted molar refractivity (Wildman–Crippen MR) is 81.6 cm³/mol. The van der Waals surface area contributed by atoms with Gasteiger partial charge in [0.1, 0.15) is 23.7 Å². The van der Waals surface area contributed by atoms with E-state index in [-0.39, 0.29) is 5.75 Å². The minimum atomic E-state index is -0.571. The molecule has 0 aliphatic carbocycles. The Kier molecular flexibility index (Phi) is 4.31. The largest absolute Gasteiger partial charge is 0.507 e. The van der Waals surface area contributed by atoms with Gasteiger partial charge in [-0.05, 0) is 19.1 Å². The molecule has 1 aromatic heterocycles. The summed E-state index contributed by atoms with van der Waals surface area (Å²) in [5.41, 5.74) is 0.514. The van der Waals surface area contributed by atoms with Gasteiger partial charge in [0.25, 0.3) is 0 Å². The summed E-state index contributed by atoms with van der Waals surface area (Å²) in [5.74, 6) is 0.587. The van der Waals surface area contributed by atoms with Crippen LogP contribution in [-0.4, -0.2) is 49.5 Å². The smallest absolute Gasteiger partial charge is 0.339 e. The van der Waals surface area contributed by atoms with Gasteiger partial charge in [0.05, 0.1) is 24.7 Å². The highest BCUT2D eigenvalue weighted by atomic mass is 16.5. The molecule has 0 spiro atoms. The minimum Gasteiger partial charge on any atom is -0.507 e. The topological polar surface area (TPSA) is 72.1 Å². The van der Waals surface area contributed by atoms with Crippen molar-refractivity contribution in [1.29, 1.82) is 0 Å². The maximum Gasteiger partial charge on any atom is 0.339 e. The number of ether oxygens (including phenoxy) is 2. The molecule has 1 saturated heterocycles. The minimum absolute atomic E-state index is 0.0748. The van der Waals surface area contributed by atoms with Gasteiger partial charge in [-0.1, -0.05) is 0 Å². The molecule has 1 aliphatic rings. The van der Waals surface area contributed by atoms with Crippen LogP contribution >= 0.6 is 0 Å². The zero-order valence-electron chi connectivity index (χ0n) is 12.5. The zero-order chi connectivity index (χ0) is 15.5. The molecule has 22 heavy (non-hydrogen) atoms. The molecule has 6 heteroatoms. The molecule has 0 atom stereocenters. The highest BCUT2D eigenvalue weighted by Crippen LogP contribution is 2.30. The van der Waals surface area contributed by atoms with Crippen LogP contribution in [0.4, 0.5) is 0 Å². The fraction of sp³-hybridized carbons (Fsp3) is 0.438. The maximum absolute atomic E-state index is 11.4. The lowest BCUT2D eigenvalue weighted by Gasteiger charge is -2.26. The van der Waals surface area contributed by atoms with Gasteiger partial charge >= 0.3 is 5.63 Å². The van der Waals surface area contributed by atoms with E-state index in [0.717, 1.165) is 38.9 Å². The molecule has 0 radical (unpaired) electrons. The number of hydrogen-bond acceptors (Lipinski definition) is 6. The van der Waals surface area contributed by atoms with Gasteiger partial charge in [0, 0.05) is 25.2 Å². The van der Waals surface area contributed by atoms with Gasteiger partial charge in [0.15, 0.2) is 0 Å². The molecule has 2 heterocycles. The standard InChI is InChI=1S/C16H19NO5/c1-11-14(21-9-6-17-4-7-20-8-5-17)3-2-12-13(18)10-15(19)22-16(11)12/h2-3,10,18H,4-9H2,1H3. The second kappa shape index (κ2) is 6.37. The van der Waals surface area contributed by atoms with Gasteiger partial charge in [-0.2, -0.15) is 0 Å². The second-order valence-electron chi connectivity index (χ2n) is 5.32. The van der Waals surface area contributed by atoms with E-state index in [9.17, 15) is 9.90 Å². The summed E-state index contributed by atoms with van der Waals surface area (Å²) in [4.78, 5) is 13.7. The third-order valence-corrected chi connectivity index (χ3v) is 3.86. The Hall–Kier alpha value is -2.05. The lowest BCUT2D eigenvalue weighted by Crippen LogP contribution is -2.38. The molecule has 1 aromatic carbocycles. The average Bonchev–Trinajstić information content (AvgIpc) is 2.51. The maximum atomic E-state index is 11.4. The summed E-state index contributed by atoms with van der Waals surface area (Å²) < 4.78 is 16.3. The van der Waals surface area contributed by atoms with E-state index in [0.29, 0.717) is 28.9 Å². The van der Waals surface area contributed by atoms with Crippen molar-refractivity contribution in [3.8, 4) is 11.5 Å². The Labute approximate surface area is 127 Å². The van der Waals surface area contributed by atoms with Gasteiger partial charge in [-0.25, -0.2) is 4.79 Å². The van der Waals surface area contributed by atoms with Crippen LogP contribution in [0, 0.1) is 6.92 Å². The highest BCUT2D eigenvalue weighted by molar-refractivity contribution is 5.86. The van der Waals surface area contributed by atoms with Crippen LogP contribution in [-0.2, 0) is 4.74 Å². The van der Waals surface area contributed by atoms with E-state index in [4.69, 9.17) is 13.9 Å². The van der Waals surface area contributed by atoms with Crippen molar-refractivity contribution in [1.82, 2.24) is 4.90 Å². The summed E-state index contributed by atoms with van der Waals surface area (Å²) in [5, 5.41) is 10.3. The van der Waals surface area contributed by atoms with Crippen molar-refractivity contribution >= 4 is 11.0 Å². The normalized spacial score (nSPS) is 16.0. The lowest BCUT2D eigenvalue weighted by atomic mass is 10.1. The summed E-state index contributed by atoms with van der Waals surface area (Å²) in [6.07, 6.45) is 0. The highest BCUT2D eigenvalue weighted by Gasteiger charge is 2.13. The van der Waals surface area contributed by atoms with Crippen LogP contribution in [0.3, 0.4) is 0 Å². The average molecular weight is 305 g/mol. The van der Waals surface area contributed by atoms with Gasteiger partial charge in [-0.3, -0.25) is 4.90 Å². The first-order valence-electron chi connectivity index (χ1n) is 7.34. The Balaban J connectivity index is 1.74. The third kappa shape index (κ3) is 3.08. The van der Waals surface area contributed by atoms with E-state index in [1.165, 1.54) is 0 Å². The molecule has 0 bridgehead atoms. The van der Waals surface area contributed by atoms with Crippen molar-refractivity contribution in [3.63, 3.8) is 0 Å². The van der Waals surface area contributed by atoms with Crippen LogP contribution in [0.1, 0.15) is 5.56 Å². The first-order chi connectivity index (χ1) is 10.6. The Bertz CT molecular complexity index is 718. The quantitative estimate of drug-likeness (QED) is 0.864. The van der Waals surface area contributed by atoms with Crippen LogP contribution in [0.2, 0.25) is 0 Å². The van der Waals surface area contributed by atoms with Gasteiger partial charge in [-0.15, -0.1) is 0 Å². The molecule has 1 N–H and O–H groups in total. The third-order valence-electron chi connectivity index (χ3n) is 3.86. The Morgan fingerprint density at radius 3 is 2.86 bits per heavy atom. The molecule has 2 aromatic rings. The monoisotopic (exact) mass is 305 g/mol. The molecule has 118 valence electrons. The number of nitrogens with zero attached hydrogens (tertiary/aromatic N) is 1. The summed E-state index contributed by atoms with van der Waals surface area (Å²) >= 11 is 0. The summed E-state index contributed by atoms with van der Waals surface area (Å²) in [6.45, 7) is 6.56. The number of benzene rings is 1. The predicted octanol–water partition coefficient (Wildman–Crippen LogP) is 1.52. The van der Waals surface area contributed by atoms with E-state index >= 15 is 0 Å². The van der Waals surface area contributed by atoms with Crippen molar-refractivity contribution < 1.29 is 19.0 Å². The molecule has 1 fully saturated rings. The first kappa shape index (κ1) is 14.9. The van der Waals surface area contributed by atoms with Crippen LogP contribution in [0.5, 0.6) is 11.5 Å². The van der Waals surface area contributed by atoms with Crippen molar-refractivity contribution in [2.24, 2.45) is 0 Å². The Morgan fingerprint density at radius 2 is 2.09 bits per heavy atom. The molecule has 0 unspecified atom stereocenters. The van der Waals surface area contributed by atoms with Gasteiger partial charge in [0.2, 0.25) is 0 Å². The van der Waals surface area contributed by atoms with E-state index < -0.39 is 5.63 Å². The van der Waals surface area contributed by atoms with E-state index in [1.807, 2.05) is 6.92 Å². The molecule has 0 amide bonds. The van der Waals surface area contributed by atoms with Crippen molar-refractivity contribution in [2.75, 3.05) is 39.5 Å². The zero-order valence-corrected chi connectivity index (χ0v) is 12.5. The Morgan fingerprint density at radius 1 is 1.32 bits per heavy atom. The molecule has 3 rings (SSSR count). The number of hydrogen-bond donors (Lipinski definition) is 1. The van der Waals surface area contributed by atoms with Crippen LogP contribution in [0.15, 0.2) is 27.4 Å². The number of morpholine rings is 1.